The van der Waals surface area contributed by atoms with Crippen LogP contribution in [0, 0.1) is 11.3 Å². The molecule has 1 N–H and O–H groups in total. The van der Waals surface area contributed by atoms with Gasteiger partial charge in [0.05, 0.1) is 0 Å². The molecule has 1 aromatic carbocycles. The molecule has 0 radical (unpaired) electrons. The van der Waals surface area contributed by atoms with Gasteiger partial charge in [-0.3, -0.25) is 9.59 Å². The summed E-state index contributed by atoms with van der Waals surface area (Å²) < 4.78 is 11.0. The number of carboxylic acid groups (broad SMARTS) is 1. The fourth-order valence-corrected chi connectivity index (χ4v) is 4.28. The first-order valence-corrected chi connectivity index (χ1v) is 8.60. The number of amides is 1. The molecule has 3 heterocycles. The number of carbonyl (C=O) groups excluding carboxylic acids is 1. The number of carboxylic acids is 1. The molecule has 0 unspecified atom stereocenters. The summed E-state index contributed by atoms with van der Waals surface area (Å²) in [4.78, 5) is 28.7. The Bertz CT molecular complexity index is 721. The van der Waals surface area contributed by atoms with E-state index in [1.807, 2.05) is 11.9 Å². The summed E-state index contributed by atoms with van der Waals surface area (Å²) in [6.45, 7) is 3.06. The number of piperidine rings is 1. The summed E-state index contributed by atoms with van der Waals surface area (Å²) in [6, 6.07) is 5.15. The van der Waals surface area contributed by atoms with Crippen molar-refractivity contribution in [3.05, 3.63) is 23.8 Å². The lowest BCUT2D eigenvalue weighted by molar-refractivity contribution is -0.153. The molecule has 2 fully saturated rings. The molecular formula is C18H22N2O5. The standard InChI is InChI=1S/C18H22N2O5/c1-19-5-4-13-9-20(11-18(13,10-19)17(22)23)16(21)12-2-3-14-15(8-12)25-7-6-24-14/h2-3,8,13H,4-7,9-11H2,1H3,(H,22,23)/t13-,18-/m0/s1. The fourth-order valence-electron chi connectivity index (χ4n) is 4.28. The maximum absolute atomic E-state index is 12.9. The molecule has 2 saturated heterocycles. The third kappa shape index (κ3) is 2.63. The first kappa shape index (κ1) is 16.2. The second kappa shape index (κ2) is 5.91. The summed E-state index contributed by atoms with van der Waals surface area (Å²) in [7, 11) is 1.94. The van der Waals surface area contributed by atoms with Crippen molar-refractivity contribution < 1.29 is 24.2 Å². The first-order chi connectivity index (χ1) is 12.0. The predicted molar refractivity (Wildman–Crippen MR) is 89.0 cm³/mol. The van der Waals surface area contributed by atoms with Gasteiger partial charge in [-0.25, -0.2) is 0 Å². The highest BCUT2D eigenvalue weighted by Gasteiger charge is 2.55. The Hall–Kier alpha value is -2.28. The van der Waals surface area contributed by atoms with E-state index in [9.17, 15) is 14.7 Å². The lowest BCUT2D eigenvalue weighted by Gasteiger charge is -2.39. The predicted octanol–water partition coefficient (Wildman–Crippen LogP) is 0.936. The molecule has 0 bridgehead atoms. The average Bonchev–Trinajstić information content (AvgIpc) is 3.01. The molecule has 25 heavy (non-hydrogen) atoms. The monoisotopic (exact) mass is 346 g/mol. The molecule has 0 spiro atoms. The van der Waals surface area contributed by atoms with Gasteiger partial charge in [0.2, 0.25) is 0 Å². The number of likely N-dealkylation sites (tertiary alicyclic amines) is 2. The molecular weight excluding hydrogens is 324 g/mol. The molecule has 3 aliphatic rings. The smallest absolute Gasteiger partial charge is 0.313 e. The molecule has 134 valence electrons. The molecule has 4 rings (SSSR count). The Labute approximate surface area is 146 Å². The fraction of sp³-hybridized carbons (Fsp3) is 0.556. The number of benzene rings is 1. The highest BCUT2D eigenvalue weighted by Crippen LogP contribution is 2.43. The van der Waals surface area contributed by atoms with Crippen molar-refractivity contribution in [2.24, 2.45) is 11.3 Å². The third-order valence-corrected chi connectivity index (χ3v) is 5.61. The number of fused-ring (bicyclic) bond motifs is 2. The third-order valence-electron chi connectivity index (χ3n) is 5.61. The van der Waals surface area contributed by atoms with E-state index in [1.165, 1.54) is 0 Å². The zero-order chi connectivity index (χ0) is 17.6. The molecule has 7 heteroatoms. The minimum atomic E-state index is -0.865. The van der Waals surface area contributed by atoms with Gasteiger partial charge in [0, 0.05) is 25.2 Å². The van der Waals surface area contributed by atoms with Gasteiger partial charge in [-0.1, -0.05) is 0 Å². The zero-order valence-electron chi connectivity index (χ0n) is 14.2. The van der Waals surface area contributed by atoms with Crippen LogP contribution in [-0.2, 0) is 4.79 Å². The topological polar surface area (TPSA) is 79.3 Å². The molecule has 1 amide bonds. The minimum absolute atomic E-state index is 0.00219. The van der Waals surface area contributed by atoms with Crippen LogP contribution in [0.1, 0.15) is 16.8 Å². The van der Waals surface area contributed by atoms with E-state index in [1.54, 1.807) is 23.1 Å². The van der Waals surface area contributed by atoms with Gasteiger partial charge in [0.25, 0.3) is 5.91 Å². The Morgan fingerprint density at radius 2 is 1.96 bits per heavy atom. The van der Waals surface area contributed by atoms with Gasteiger partial charge < -0.3 is 24.4 Å². The number of carbonyl (C=O) groups is 2. The number of aliphatic carboxylic acids is 1. The molecule has 0 saturated carbocycles. The van der Waals surface area contributed by atoms with Gasteiger partial charge in [-0.15, -0.1) is 0 Å². The Balaban J connectivity index is 1.58. The van der Waals surface area contributed by atoms with E-state index in [2.05, 4.69) is 0 Å². The van der Waals surface area contributed by atoms with Gasteiger partial charge in [0.15, 0.2) is 11.5 Å². The second-order valence-electron chi connectivity index (χ2n) is 7.23. The Morgan fingerprint density at radius 3 is 2.72 bits per heavy atom. The number of rotatable bonds is 2. The normalized spacial score (nSPS) is 28.5. The molecule has 1 aromatic rings. The first-order valence-electron chi connectivity index (χ1n) is 8.60. The van der Waals surface area contributed by atoms with E-state index in [0.29, 0.717) is 43.4 Å². The van der Waals surface area contributed by atoms with E-state index in [0.717, 1.165) is 13.0 Å². The van der Waals surface area contributed by atoms with Crippen LogP contribution < -0.4 is 9.47 Å². The maximum atomic E-state index is 12.9. The van der Waals surface area contributed by atoms with Gasteiger partial charge in [-0.2, -0.15) is 0 Å². The molecule has 0 aromatic heterocycles. The van der Waals surface area contributed by atoms with Crippen molar-refractivity contribution in [1.29, 1.82) is 0 Å². The molecule has 0 aliphatic carbocycles. The van der Waals surface area contributed by atoms with Crippen LogP contribution in [0.2, 0.25) is 0 Å². The van der Waals surface area contributed by atoms with Crippen LogP contribution in [-0.4, -0.2) is 73.2 Å². The molecule has 3 aliphatic heterocycles. The summed E-state index contributed by atoms with van der Waals surface area (Å²) in [6.07, 6.45) is 0.799. The lowest BCUT2D eigenvalue weighted by atomic mass is 9.73. The minimum Gasteiger partial charge on any atom is -0.486 e. The van der Waals surface area contributed by atoms with E-state index in [-0.39, 0.29) is 18.4 Å². The van der Waals surface area contributed by atoms with Crippen LogP contribution in [0.25, 0.3) is 0 Å². The van der Waals surface area contributed by atoms with Crippen LogP contribution in [0.4, 0.5) is 0 Å². The van der Waals surface area contributed by atoms with E-state index < -0.39 is 11.4 Å². The summed E-state index contributed by atoms with van der Waals surface area (Å²) in [5, 5.41) is 9.84. The van der Waals surface area contributed by atoms with Gasteiger partial charge in [0.1, 0.15) is 18.6 Å². The molecule has 2 atom stereocenters. The second-order valence-corrected chi connectivity index (χ2v) is 7.23. The van der Waals surface area contributed by atoms with E-state index in [4.69, 9.17) is 9.47 Å². The van der Waals surface area contributed by atoms with Crippen LogP contribution in [0.5, 0.6) is 11.5 Å². The highest BCUT2D eigenvalue weighted by atomic mass is 16.6. The highest BCUT2D eigenvalue weighted by molar-refractivity contribution is 5.96. The maximum Gasteiger partial charge on any atom is 0.313 e. The number of hydrogen-bond acceptors (Lipinski definition) is 5. The van der Waals surface area contributed by atoms with Crippen molar-refractivity contribution in [3.63, 3.8) is 0 Å². The van der Waals surface area contributed by atoms with Crippen molar-refractivity contribution in [3.8, 4) is 11.5 Å². The lowest BCUT2D eigenvalue weighted by Crippen LogP contribution is -2.52. The quantitative estimate of drug-likeness (QED) is 0.858. The van der Waals surface area contributed by atoms with Gasteiger partial charge >= 0.3 is 5.97 Å². The summed E-state index contributed by atoms with van der Waals surface area (Å²) >= 11 is 0. The number of nitrogens with zero attached hydrogens (tertiary/aromatic N) is 2. The average molecular weight is 346 g/mol. The number of hydrogen-bond donors (Lipinski definition) is 1. The number of ether oxygens (including phenoxy) is 2. The van der Waals surface area contributed by atoms with Crippen LogP contribution in [0.3, 0.4) is 0 Å². The largest absolute Gasteiger partial charge is 0.486 e. The van der Waals surface area contributed by atoms with Crippen molar-refractivity contribution >= 4 is 11.9 Å². The van der Waals surface area contributed by atoms with Crippen LogP contribution >= 0.6 is 0 Å². The van der Waals surface area contributed by atoms with E-state index >= 15 is 0 Å². The van der Waals surface area contributed by atoms with Gasteiger partial charge in [-0.05, 0) is 44.1 Å². The Kier molecular flexibility index (Phi) is 3.83. The van der Waals surface area contributed by atoms with Crippen molar-refractivity contribution in [2.45, 2.75) is 6.42 Å². The van der Waals surface area contributed by atoms with Crippen LogP contribution in [0.15, 0.2) is 18.2 Å². The van der Waals surface area contributed by atoms with Crippen molar-refractivity contribution in [1.82, 2.24) is 9.80 Å². The summed E-state index contributed by atoms with van der Waals surface area (Å²) in [5.74, 6) is 0.265. The molecule has 7 nitrogen and oxygen atoms in total. The Morgan fingerprint density at radius 1 is 1.20 bits per heavy atom. The summed E-state index contributed by atoms with van der Waals surface area (Å²) in [5.41, 5.74) is -0.354. The SMILES string of the molecule is CN1CC[C@H]2CN(C(=O)c3ccc4c(c3)OCCO4)C[C@@]2(C(=O)O)C1. The zero-order valence-corrected chi connectivity index (χ0v) is 14.2. The van der Waals surface area contributed by atoms with Crippen molar-refractivity contribution in [2.75, 3.05) is 46.4 Å².